The summed E-state index contributed by atoms with van der Waals surface area (Å²) < 4.78 is 24.9. The van der Waals surface area contributed by atoms with Gasteiger partial charge in [-0.1, -0.05) is 26.0 Å². The summed E-state index contributed by atoms with van der Waals surface area (Å²) in [5.41, 5.74) is 0.907. The lowest BCUT2D eigenvalue weighted by Gasteiger charge is -2.10. The number of ether oxygens (including phenoxy) is 2. The second-order valence-corrected chi connectivity index (χ2v) is 5.91. The second kappa shape index (κ2) is 8.53. The number of benzene rings is 2. The molecule has 0 aliphatic heterocycles. The summed E-state index contributed by atoms with van der Waals surface area (Å²) in [5, 5.41) is 3.32. The number of nitrogens with one attached hydrogen (secondary N) is 1. The molecule has 0 amide bonds. The molecule has 2 rings (SSSR count). The Morgan fingerprint density at radius 3 is 2.57 bits per heavy atom. The summed E-state index contributed by atoms with van der Waals surface area (Å²) in [7, 11) is 1.58. The monoisotopic (exact) mass is 317 g/mol. The summed E-state index contributed by atoms with van der Waals surface area (Å²) in [6.45, 7) is 5.96. The first-order chi connectivity index (χ1) is 11.1. The minimum atomic E-state index is -0.365. The predicted octanol–water partition coefficient (Wildman–Crippen LogP) is 4.76. The standard InChI is InChI=1S/C19H24FNO2/c1-14(2)9-10-21-13-15-7-8-19(18(20)11-15)23-17-6-4-5-16(12-17)22-3/h4-8,11-12,14,21H,9-10,13H2,1-3H3. The van der Waals surface area contributed by atoms with Crippen molar-refractivity contribution in [3.05, 3.63) is 53.8 Å². The van der Waals surface area contributed by atoms with Crippen LogP contribution in [0.3, 0.4) is 0 Å². The molecular formula is C19H24FNO2. The van der Waals surface area contributed by atoms with Gasteiger partial charge in [0, 0.05) is 12.6 Å². The van der Waals surface area contributed by atoms with Gasteiger partial charge in [-0.05, 0) is 48.7 Å². The van der Waals surface area contributed by atoms with Crippen LogP contribution >= 0.6 is 0 Å². The predicted molar refractivity (Wildman–Crippen MR) is 90.6 cm³/mol. The highest BCUT2D eigenvalue weighted by Gasteiger charge is 2.07. The lowest BCUT2D eigenvalue weighted by atomic mass is 10.1. The zero-order chi connectivity index (χ0) is 16.7. The third kappa shape index (κ3) is 5.57. The van der Waals surface area contributed by atoms with Crippen LogP contribution in [0.4, 0.5) is 4.39 Å². The second-order valence-electron chi connectivity index (χ2n) is 5.91. The molecule has 0 bridgehead atoms. The molecule has 2 aromatic carbocycles. The van der Waals surface area contributed by atoms with E-state index in [0.717, 1.165) is 18.5 Å². The van der Waals surface area contributed by atoms with Crippen LogP contribution < -0.4 is 14.8 Å². The molecule has 0 saturated carbocycles. The summed E-state index contributed by atoms with van der Waals surface area (Å²) >= 11 is 0. The van der Waals surface area contributed by atoms with Gasteiger partial charge in [0.05, 0.1) is 7.11 Å². The Balaban J connectivity index is 1.96. The highest BCUT2D eigenvalue weighted by molar-refractivity contribution is 5.38. The van der Waals surface area contributed by atoms with Crippen LogP contribution in [0.25, 0.3) is 0 Å². The van der Waals surface area contributed by atoms with Crippen LogP contribution in [0.1, 0.15) is 25.8 Å². The number of rotatable bonds is 8. The first kappa shape index (κ1) is 17.3. The quantitative estimate of drug-likeness (QED) is 0.712. The molecule has 3 nitrogen and oxygen atoms in total. The highest BCUT2D eigenvalue weighted by Crippen LogP contribution is 2.27. The molecule has 0 fully saturated rings. The van der Waals surface area contributed by atoms with Gasteiger partial charge in [-0.2, -0.15) is 0 Å². The fourth-order valence-corrected chi connectivity index (χ4v) is 2.15. The lowest BCUT2D eigenvalue weighted by molar-refractivity contribution is 0.405. The third-order valence-electron chi connectivity index (χ3n) is 3.49. The molecule has 0 aromatic heterocycles. The first-order valence-corrected chi connectivity index (χ1v) is 7.89. The van der Waals surface area contributed by atoms with E-state index in [-0.39, 0.29) is 11.6 Å². The van der Waals surface area contributed by atoms with Crippen LogP contribution in [0.15, 0.2) is 42.5 Å². The van der Waals surface area contributed by atoms with Crippen molar-refractivity contribution in [3.63, 3.8) is 0 Å². The first-order valence-electron chi connectivity index (χ1n) is 7.89. The largest absolute Gasteiger partial charge is 0.497 e. The van der Waals surface area contributed by atoms with Crippen LogP contribution in [0, 0.1) is 11.7 Å². The number of hydrogen-bond acceptors (Lipinski definition) is 3. The molecule has 23 heavy (non-hydrogen) atoms. The average molecular weight is 317 g/mol. The lowest BCUT2D eigenvalue weighted by Crippen LogP contribution is -2.16. The van der Waals surface area contributed by atoms with Gasteiger partial charge < -0.3 is 14.8 Å². The van der Waals surface area contributed by atoms with E-state index in [2.05, 4.69) is 19.2 Å². The molecule has 4 heteroatoms. The molecule has 0 atom stereocenters. The van der Waals surface area contributed by atoms with Crippen molar-refractivity contribution in [2.24, 2.45) is 5.92 Å². The van der Waals surface area contributed by atoms with E-state index in [9.17, 15) is 4.39 Å². The topological polar surface area (TPSA) is 30.5 Å². The summed E-state index contributed by atoms with van der Waals surface area (Å²) in [6, 6.07) is 12.2. The maximum Gasteiger partial charge on any atom is 0.166 e. The Morgan fingerprint density at radius 1 is 1.09 bits per heavy atom. The van der Waals surface area contributed by atoms with Crippen LogP contribution in [0.2, 0.25) is 0 Å². The van der Waals surface area contributed by atoms with E-state index in [0.29, 0.717) is 24.0 Å². The normalized spacial score (nSPS) is 10.8. The van der Waals surface area contributed by atoms with E-state index in [1.807, 2.05) is 12.1 Å². The van der Waals surface area contributed by atoms with Gasteiger partial charge in [0.25, 0.3) is 0 Å². The van der Waals surface area contributed by atoms with Gasteiger partial charge in [0.1, 0.15) is 11.5 Å². The molecule has 0 aliphatic rings. The third-order valence-corrected chi connectivity index (χ3v) is 3.49. The molecular weight excluding hydrogens is 293 g/mol. The Morgan fingerprint density at radius 2 is 1.87 bits per heavy atom. The van der Waals surface area contributed by atoms with Crippen molar-refractivity contribution in [2.75, 3.05) is 13.7 Å². The summed E-state index contributed by atoms with van der Waals surface area (Å²) in [5.74, 6) is 1.73. The molecule has 1 N–H and O–H groups in total. The Bertz CT molecular complexity index is 629. The minimum absolute atomic E-state index is 0.212. The number of halogens is 1. The Hall–Kier alpha value is -2.07. The van der Waals surface area contributed by atoms with E-state index in [1.54, 1.807) is 31.4 Å². The number of hydrogen-bond donors (Lipinski definition) is 1. The van der Waals surface area contributed by atoms with Crippen molar-refractivity contribution in [1.82, 2.24) is 5.32 Å². The SMILES string of the molecule is COc1cccc(Oc2ccc(CNCCC(C)C)cc2F)c1. The smallest absolute Gasteiger partial charge is 0.166 e. The molecule has 0 saturated heterocycles. The van der Waals surface area contributed by atoms with Gasteiger partial charge >= 0.3 is 0 Å². The van der Waals surface area contributed by atoms with Crippen LogP contribution in [-0.2, 0) is 6.54 Å². The molecule has 124 valence electrons. The maximum atomic E-state index is 14.2. The van der Waals surface area contributed by atoms with Gasteiger partial charge in [0.15, 0.2) is 11.6 Å². The van der Waals surface area contributed by atoms with Crippen LogP contribution in [0.5, 0.6) is 17.2 Å². The Labute approximate surface area is 137 Å². The molecule has 0 radical (unpaired) electrons. The average Bonchev–Trinajstić information content (AvgIpc) is 2.54. The zero-order valence-electron chi connectivity index (χ0n) is 13.9. The van der Waals surface area contributed by atoms with Crippen LogP contribution in [-0.4, -0.2) is 13.7 Å². The van der Waals surface area contributed by atoms with Crippen molar-refractivity contribution in [1.29, 1.82) is 0 Å². The molecule has 0 heterocycles. The fourth-order valence-electron chi connectivity index (χ4n) is 2.15. The van der Waals surface area contributed by atoms with E-state index in [4.69, 9.17) is 9.47 Å². The van der Waals surface area contributed by atoms with Crippen molar-refractivity contribution in [2.45, 2.75) is 26.8 Å². The van der Waals surface area contributed by atoms with Crippen molar-refractivity contribution < 1.29 is 13.9 Å². The van der Waals surface area contributed by atoms with E-state index in [1.165, 1.54) is 6.07 Å². The van der Waals surface area contributed by atoms with Gasteiger partial charge in [-0.25, -0.2) is 4.39 Å². The minimum Gasteiger partial charge on any atom is -0.497 e. The molecule has 0 unspecified atom stereocenters. The maximum absolute atomic E-state index is 14.2. The fraction of sp³-hybridized carbons (Fsp3) is 0.368. The molecule has 0 aliphatic carbocycles. The van der Waals surface area contributed by atoms with E-state index < -0.39 is 0 Å². The van der Waals surface area contributed by atoms with Crippen molar-refractivity contribution >= 4 is 0 Å². The zero-order valence-corrected chi connectivity index (χ0v) is 13.9. The van der Waals surface area contributed by atoms with Gasteiger partial charge in [-0.15, -0.1) is 0 Å². The van der Waals surface area contributed by atoms with E-state index >= 15 is 0 Å². The molecule has 0 spiro atoms. The molecule has 2 aromatic rings. The highest BCUT2D eigenvalue weighted by atomic mass is 19.1. The van der Waals surface area contributed by atoms with Gasteiger partial charge in [0.2, 0.25) is 0 Å². The van der Waals surface area contributed by atoms with Crippen molar-refractivity contribution in [3.8, 4) is 17.2 Å². The summed E-state index contributed by atoms with van der Waals surface area (Å²) in [6.07, 6.45) is 1.11. The summed E-state index contributed by atoms with van der Waals surface area (Å²) in [4.78, 5) is 0. The number of methoxy groups -OCH3 is 1. The van der Waals surface area contributed by atoms with Gasteiger partial charge in [-0.3, -0.25) is 0 Å². The Kier molecular flexibility index (Phi) is 6.41.